The van der Waals surface area contributed by atoms with Crippen LogP contribution in [-0.4, -0.2) is 21.9 Å². The van der Waals surface area contributed by atoms with Crippen LogP contribution in [0.25, 0.3) is 0 Å². The molecule has 1 aromatic heterocycles. The van der Waals surface area contributed by atoms with Crippen molar-refractivity contribution in [3.05, 3.63) is 17.5 Å². The van der Waals surface area contributed by atoms with E-state index in [1.807, 2.05) is 19.9 Å². The van der Waals surface area contributed by atoms with E-state index >= 15 is 0 Å². The number of alkyl halides is 1. The zero-order valence-electron chi connectivity index (χ0n) is 10.4. The van der Waals surface area contributed by atoms with Crippen LogP contribution in [0.2, 0.25) is 0 Å². The fourth-order valence-corrected chi connectivity index (χ4v) is 2.04. The van der Waals surface area contributed by atoms with Crippen molar-refractivity contribution in [1.82, 2.24) is 9.97 Å². The molecule has 16 heavy (non-hydrogen) atoms. The van der Waals surface area contributed by atoms with Crippen LogP contribution in [0.1, 0.15) is 31.7 Å². The molecular formula is C12H20ClN3. The summed E-state index contributed by atoms with van der Waals surface area (Å²) in [4.78, 5) is 8.61. The Kier molecular flexibility index (Phi) is 5.00. The van der Waals surface area contributed by atoms with Gasteiger partial charge in [-0.2, -0.15) is 0 Å². The number of hydrogen-bond acceptors (Lipinski definition) is 3. The van der Waals surface area contributed by atoms with E-state index in [2.05, 4.69) is 29.1 Å². The van der Waals surface area contributed by atoms with Crippen molar-refractivity contribution in [2.24, 2.45) is 5.92 Å². The summed E-state index contributed by atoms with van der Waals surface area (Å²) in [5.74, 6) is 1.29. The lowest BCUT2D eigenvalue weighted by Gasteiger charge is -2.13. The Morgan fingerprint density at radius 1 is 1.25 bits per heavy atom. The number of rotatable bonds is 5. The van der Waals surface area contributed by atoms with Gasteiger partial charge >= 0.3 is 0 Å². The SMILES string of the molecule is Cc1cc(C)nc(NCC(Cl)CC(C)C)n1. The van der Waals surface area contributed by atoms with Gasteiger partial charge in [-0.1, -0.05) is 13.8 Å². The van der Waals surface area contributed by atoms with Crippen molar-refractivity contribution in [2.45, 2.75) is 39.5 Å². The maximum absolute atomic E-state index is 6.19. The van der Waals surface area contributed by atoms with E-state index in [0.717, 1.165) is 17.8 Å². The van der Waals surface area contributed by atoms with Crippen molar-refractivity contribution in [1.29, 1.82) is 0 Å². The first-order valence-corrected chi connectivity index (χ1v) is 6.11. The quantitative estimate of drug-likeness (QED) is 0.805. The van der Waals surface area contributed by atoms with Gasteiger partial charge < -0.3 is 5.32 Å². The molecule has 1 rings (SSSR count). The first kappa shape index (κ1) is 13.2. The van der Waals surface area contributed by atoms with Gasteiger partial charge in [0.05, 0.1) is 5.38 Å². The lowest BCUT2D eigenvalue weighted by molar-refractivity contribution is 0.571. The molecule has 0 fully saturated rings. The molecule has 0 amide bonds. The monoisotopic (exact) mass is 241 g/mol. The van der Waals surface area contributed by atoms with E-state index in [9.17, 15) is 0 Å². The molecule has 0 spiro atoms. The average Bonchev–Trinajstić information content (AvgIpc) is 2.12. The van der Waals surface area contributed by atoms with Crippen LogP contribution < -0.4 is 5.32 Å². The molecule has 1 atom stereocenters. The van der Waals surface area contributed by atoms with Gasteiger partial charge in [-0.15, -0.1) is 11.6 Å². The highest BCUT2D eigenvalue weighted by Gasteiger charge is 2.08. The molecule has 90 valence electrons. The standard InChI is InChI=1S/C12H20ClN3/c1-8(2)5-11(13)7-14-12-15-9(3)6-10(4)16-12/h6,8,11H,5,7H2,1-4H3,(H,14,15,16). The van der Waals surface area contributed by atoms with Crippen LogP contribution in [0.3, 0.4) is 0 Å². The molecule has 0 saturated heterocycles. The molecule has 0 aliphatic carbocycles. The van der Waals surface area contributed by atoms with Crippen LogP contribution in [0.5, 0.6) is 0 Å². The Bertz CT molecular complexity index is 319. The first-order chi connectivity index (χ1) is 7.47. The van der Waals surface area contributed by atoms with E-state index in [1.165, 1.54) is 0 Å². The lowest BCUT2D eigenvalue weighted by atomic mass is 10.1. The largest absolute Gasteiger partial charge is 0.353 e. The normalized spacial score (nSPS) is 12.9. The lowest BCUT2D eigenvalue weighted by Crippen LogP contribution is -2.18. The smallest absolute Gasteiger partial charge is 0.223 e. The molecule has 0 aromatic carbocycles. The molecule has 1 aromatic rings. The number of nitrogens with one attached hydrogen (secondary N) is 1. The second kappa shape index (κ2) is 6.04. The van der Waals surface area contributed by atoms with Crippen molar-refractivity contribution < 1.29 is 0 Å². The van der Waals surface area contributed by atoms with Gasteiger partial charge in [-0.25, -0.2) is 9.97 Å². The highest BCUT2D eigenvalue weighted by atomic mass is 35.5. The van der Waals surface area contributed by atoms with E-state index in [-0.39, 0.29) is 5.38 Å². The third-order valence-corrected chi connectivity index (χ3v) is 2.52. The van der Waals surface area contributed by atoms with Gasteiger partial charge in [0.2, 0.25) is 5.95 Å². The maximum Gasteiger partial charge on any atom is 0.223 e. The number of halogens is 1. The second-order valence-corrected chi connectivity index (χ2v) is 5.20. The number of nitrogens with zero attached hydrogens (tertiary/aromatic N) is 2. The zero-order chi connectivity index (χ0) is 12.1. The molecule has 1 unspecified atom stereocenters. The van der Waals surface area contributed by atoms with Gasteiger partial charge in [0.15, 0.2) is 0 Å². The number of aromatic nitrogens is 2. The number of hydrogen-bond donors (Lipinski definition) is 1. The molecule has 4 heteroatoms. The highest BCUT2D eigenvalue weighted by Crippen LogP contribution is 2.11. The molecule has 0 radical (unpaired) electrons. The molecule has 3 nitrogen and oxygen atoms in total. The molecule has 0 bridgehead atoms. The molecular weight excluding hydrogens is 222 g/mol. The van der Waals surface area contributed by atoms with E-state index in [0.29, 0.717) is 18.4 Å². The Morgan fingerprint density at radius 3 is 2.31 bits per heavy atom. The summed E-state index contributed by atoms with van der Waals surface area (Å²) in [5, 5.41) is 3.31. The van der Waals surface area contributed by atoms with Gasteiger partial charge in [0.1, 0.15) is 0 Å². The predicted molar refractivity (Wildman–Crippen MR) is 69.1 cm³/mol. The fraction of sp³-hybridized carbons (Fsp3) is 0.667. The van der Waals surface area contributed by atoms with Crippen molar-refractivity contribution in [2.75, 3.05) is 11.9 Å². The summed E-state index contributed by atoms with van der Waals surface area (Å²) in [6.07, 6.45) is 0.999. The first-order valence-electron chi connectivity index (χ1n) is 5.67. The summed E-state index contributed by atoms with van der Waals surface area (Å²) in [6.45, 7) is 8.98. The van der Waals surface area contributed by atoms with Crippen LogP contribution >= 0.6 is 11.6 Å². The summed E-state index contributed by atoms with van der Waals surface area (Å²) < 4.78 is 0. The second-order valence-electron chi connectivity index (χ2n) is 4.58. The van der Waals surface area contributed by atoms with Gasteiger partial charge in [-0.05, 0) is 32.3 Å². The number of anilines is 1. The Balaban J connectivity index is 2.48. The summed E-state index contributed by atoms with van der Waals surface area (Å²) >= 11 is 6.19. The molecule has 0 aliphatic heterocycles. The fourth-order valence-electron chi connectivity index (χ4n) is 1.60. The Morgan fingerprint density at radius 2 is 1.81 bits per heavy atom. The number of aryl methyl sites for hydroxylation is 2. The maximum atomic E-state index is 6.19. The minimum Gasteiger partial charge on any atom is -0.353 e. The summed E-state index contributed by atoms with van der Waals surface area (Å²) in [6, 6.07) is 1.96. The molecule has 1 N–H and O–H groups in total. The van der Waals surface area contributed by atoms with Gasteiger partial charge in [0, 0.05) is 17.9 Å². The Hall–Kier alpha value is -0.830. The van der Waals surface area contributed by atoms with Crippen LogP contribution in [0, 0.1) is 19.8 Å². The minimum atomic E-state index is 0.129. The zero-order valence-corrected chi connectivity index (χ0v) is 11.2. The highest BCUT2D eigenvalue weighted by molar-refractivity contribution is 6.20. The van der Waals surface area contributed by atoms with E-state index in [1.54, 1.807) is 0 Å². The van der Waals surface area contributed by atoms with E-state index < -0.39 is 0 Å². The molecule has 0 saturated carbocycles. The van der Waals surface area contributed by atoms with Crippen molar-refractivity contribution in [3.63, 3.8) is 0 Å². The topological polar surface area (TPSA) is 37.8 Å². The average molecular weight is 242 g/mol. The van der Waals surface area contributed by atoms with Gasteiger partial charge in [0.25, 0.3) is 0 Å². The van der Waals surface area contributed by atoms with Crippen LogP contribution in [0.15, 0.2) is 6.07 Å². The van der Waals surface area contributed by atoms with E-state index in [4.69, 9.17) is 11.6 Å². The molecule has 1 heterocycles. The van der Waals surface area contributed by atoms with Crippen molar-refractivity contribution in [3.8, 4) is 0 Å². The predicted octanol–water partition coefficient (Wildman–Crippen LogP) is 3.16. The summed E-state index contributed by atoms with van der Waals surface area (Å²) in [7, 11) is 0. The third kappa shape index (κ3) is 4.79. The van der Waals surface area contributed by atoms with Crippen LogP contribution in [0.4, 0.5) is 5.95 Å². The summed E-state index contributed by atoms with van der Waals surface area (Å²) in [5.41, 5.74) is 1.95. The minimum absolute atomic E-state index is 0.129. The third-order valence-electron chi connectivity index (χ3n) is 2.19. The Labute approximate surface area is 103 Å². The van der Waals surface area contributed by atoms with Crippen LogP contribution in [-0.2, 0) is 0 Å². The van der Waals surface area contributed by atoms with Crippen molar-refractivity contribution >= 4 is 17.5 Å². The van der Waals surface area contributed by atoms with Gasteiger partial charge in [-0.3, -0.25) is 0 Å². The molecule has 0 aliphatic rings.